The molecular weight excluding hydrogens is 282 g/mol. The zero-order valence-corrected chi connectivity index (χ0v) is 14.1. The lowest BCUT2D eigenvalue weighted by Gasteiger charge is -2.28. The van der Waals surface area contributed by atoms with Gasteiger partial charge in [-0.3, -0.25) is 4.21 Å². The molecule has 1 aliphatic rings. The van der Waals surface area contributed by atoms with Crippen LogP contribution < -0.4 is 10.1 Å². The van der Waals surface area contributed by atoms with E-state index in [1.54, 1.807) is 7.11 Å². The van der Waals surface area contributed by atoms with Crippen LogP contribution in [0, 0.1) is 5.92 Å². The second-order valence-corrected chi connectivity index (χ2v) is 7.79. The summed E-state index contributed by atoms with van der Waals surface area (Å²) < 4.78 is 18.1. The number of methoxy groups -OCH3 is 1. The summed E-state index contributed by atoms with van der Waals surface area (Å²) in [5, 5.41) is 3.66. The van der Waals surface area contributed by atoms with Gasteiger partial charge in [0.1, 0.15) is 5.75 Å². The van der Waals surface area contributed by atoms with Crippen molar-refractivity contribution in [1.82, 2.24) is 5.32 Å². The van der Waals surface area contributed by atoms with Crippen molar-refractivity contribution in [2.24, 2.45) is 5.92 Å². The van der Waals surface area contributed by atoms with E-state index < -0.39 is 10.8 Å². The van der Waals surface area contributed by atoms with Crippen LogP contribution in [0.15, 0.2) is 24.3 Å². The van der Waals surface area contributed by atoms with E-state index in [4.69, 9.17) is 4.74 Å². The van der Waals surface area contributed by atoms with E-state index in [1.165, 1.54) is 12.8 Å². The van der Waals surface area contributed by atoms with Crippen LogP contribution in [0.4, 0.5) is 0 Å². The van der Waals surface area contributed by atoms with Crippen molar-refractivity contribution < 1.29 is 8.95 Å². The average Bonchev–Trinajstić information content (AvgIpc) is 2.52. The fraction of sp³-hybridized carbons (Fsp3) is 0.647. The van der Waals surface area contributed by atoms with Gasteiger partial charge in [0.2, 0.25) is 0 Å². The van der Waals surface area contributed by atoms with Crippen molar-refractivity contribution in [2.45, 2.75) is 43.9 Å². The minimum absolute atomic E-state index is 0.0826. The predicted molar refractivity (Wildman–Crippen MR) is 89.2 cm³/mol. The second-order valence-electron chi connectivity index (χ2n) is 6.02. The van der Waals surface area contributed by atoms with Crippen LogP contribution in [0.3, 0.4) is 0 Å². The summed E-state index contributed by atoms with van der Waals surface area (Å²) in [5.41, 5.74) is 1.10. The van der Waals surface area contributed by atoms with Gasteiger partial charge in [0.05, 0.1) is 7.11 Å². The fourth-order valence-electron chi connectivity index (χ4n) is 3.20. The molecule has 0 amide bonds. The molecule has 0 saturated heterocycles. The zero-order chi connectivity index (χ0) is 15.2. The molecule has 1 N–H and O–H groups in total. The zero-order valence-electron chi connectivity index (χ0n) is 13.3. The summed E-state index contributed by atoms with van der Waals surface area (Å²) in [6.07, 6.45) is 4.72. The van der Waals surface area contributed by atoms with Crippen LogP contribution in [0.1, 0.15) is 44.2 Å². The van der Waals surface area contributed by atoms with Crippen LogP contribution in [0.5, 0.6) is 5.75 Å². The summed E-state index contributed by atoms with van der Waals surface area (Å²) in [5.74, 6) is 2.24. The third-order valence-corrected chi connectivity index (χ3v) is 6.29. The number of benzene rings is 1. The molecule has 1 aliphatic carbocycles. The highest BCUT2D eigenvalue weighted by molar-refractivity contribution is 7.85. The van der Waals surface area contributed by atoms with Crippen molar-refractivity contribution in [3.8, 4) is 5.75 Å². The van der Waals surface area contributed by atoms with Gasteiger partial charge in [-0.25, -0.2) is 0 Å². The average molecular weight is 309 g/mol. The Kier molecular flexibility index (Phi) is 6.24. The van der Waals surface area contributed by atoms with Crippen LogP contribution in [0.2, 0.25) is 0 Å². The van der Waals surface area contributed by atoms with Crippen molar-refractivity contribution in [3.05, 3.63) is 29.8 Å². The van der Waals surface area contributed by atoms with Gasteiger partial charge in [0.15, 0.2) is 0 Å². The molecule has 1 saturated carbocycles. The van der Waals surface area contributed by atoms with Crippen molar-refractivity contribution in [3.63, 3.8) is 0 Å². The molecule has 4 atom stereocenters. The summed E-state index contributed by atoms with van der Waals surface area (Å²) >= 11 is 0. The van der Waals surface area contributed by atoms with Crippen LogP contribution in [-0.4, -0.2) is 29.4 Å². The first-order valence-electron chi connectivity index (χ1n) is 7.83. The molecule has 4 heteroatoms. The highest BCUT2D eigenvalue weighted by Crippen LogP contribution is 2.30. The normalized spacial score (nSPS) is 25.3. The quantitative estimate of drug-likeness (QED) is 0.876. The molecule has 4 unspecified atom stereocenters. The molecule has 0 aliphatic heterocycles. The molecule has 118 valence electrons. The number of hydrogen-bond donors (Lipinski definition) is 1. The first kappa shape index (κ1) is 16.5. The van der Waals surface area contributed by atoms with Gasteiger partial charge >= 0.3 is 0 Å². The van der Waals surface area contributed by atoms with Gasteiger partial charge in [-0.05, 0) is 31.9 Å². The van der Waals surface area contributed by atoms with Gasteiger partial charge in [0.25, 0.3) is 0 Å². The largest absolute Gasteiger partial charge is 0.496 e. The van der Waals surface area contributed by atoms with Crippen molar-refractivity contribution in [2.75, 3.05) is 19.9 Å². The Bertz CT molecular complexity index is 478. The summed E-state index contributed by atoms with van der Waals surface area (Å²) in [6, 6.07) is 8.08. The lowest BCUT2D eigenvalue weighted by molar-refractivity contribution is 0.388. The van der Waals surface area contributed by atoms with E-state index >= 15 is 0 Å². The van der Waals surface area contributed by atoms with Crippen LogP contribution in [-0.2, 0) is 10.8 Å². The molecule has 0 spiro atoms. The lowest BCUT2D eigenvalue weighted by atomic mass is 9.91. The Balaban J connectivity index is 2.06. The Morgan fingerprint density at radius 1 is 1.38 bits per heavy atom. The number of rotatable bonds is 6. The molecule has 1 fully saturated rings. The van der Waals surface area contributed by atoms with Crippen LogP contribution in [0.25, 0.3) is 0 Å². The molecule has 0 radical (unpaired) electrons. The predicted octanol–water partition coefficient (Wildman–Crippen LogP) is 3.28. The summed E-state index contributed by atoms with van der Waals surface area (Å²) in [6.45, 7) is 2.28. The second kappa shape index (κ2) is 7.95. The van der Waals surface area contributed by atoms with Crippen molar-refractivity contribution >= 4 is 10.8 Å². The van der Waals surface area contributed by atoms with Crippen molar-refractivity contribution in [1.29, 1.82) is 0 Å². The number of ether oxygens (including phenoxy) is 1. The molecule has 1 aromatic carbocycles. The van der Waals surface area contributed by atoms with Crippen LogP contribution >= 0.6 is 0 Å². The lowest BCUT2D eigenvalue weighted by Crippen LogP contribution is -2.30. The standard InChI is InChI=1S/C17H27NO2S/c1-13-7-6-8-14(11-13)21(19)12-16(18-2)15-9-4-5-10-17(15)20-3/h4-5,9-10,13-14,16,18H,6-8,11-12H2,1-3H3. The Labute approximate surface area is 130 Å². The molecule has 0 bridgehead atoms. The summed E-state index contributed by atoms with van der Waals surface area (Å²) in [4.78, 5) is 0. The molecular formula is C17H27NO2S. The van der Waals surface area contributed by atoms with E-state index in [0.717, 1.165) is 24.2 Å². The van der Waals surface area contributed by atoms with Gasteiger partial charge in [-0.2, -0.15) is 0 Å². The molecule has 21 heavy (non-hydrogen) atoms. The number of hydrogen-bond acceptors (Lipinski definition) is 3. The van der Waals surface area contributed by atoms with Gasteiger partial charge in [-0.15, -0.1) is 0 Å². The fourth-order valence-corrected chi connectivity index (χ4v) is 5.12. The van der Waals surface area contributed by atoms with Gasteiger partial charge < -0.3 is 10.1 Å². The Morgan fingerprint density at radius 3 is 2.81 bits per heavy atom. The monoisotopic (exact) mass is 309 g/mol. The van der Waals surface area contributed by atoms with E-state index in [-0.39, 0.29) is 6.04 Å². The molecule has 3 nitrogen and oxygen atoms in total. The Morgan fingerprint density at radius 2 is 2.14 bits per heavy atom. The molecule has 2 rings (SSSR count). The Hall–Kier alpha value is -0.870. The highest BCUT2D eigenvalue weighted by Gasteiger charge is 2.26. The smallest absolute Gasteiger partial charge is 0.123 e. The maximum Gasteiger partial charge on any atom is 0.123 e. The highest BCUT2D eigenvalue weighted by atomic mass is 32.2. The number of para-hydroxylation sites is 1. The van der Waals surface area contributed by atoms with E-state index in [2.05, 4.69) is 18.3 Å². The SMILES string of the molecule is CNC(CS(=O)C1CCCC(C)C1)c1ccccc1OC. The maximum atomic E-state index is 12.7. The first-order chi connectivity index (χ1) is 10.2. The van der Waals surface area contributed by atoms with E-state index in [1.807, 2.05) is 25.2 Å². The molecule has 0 heterocycles. The molecule has 1 aromatic rings. The third kappa shape index (κ3) is 4.30. The van der Waals surface area contributed by atoms with Gasteiger partial charge in [-0.1, -0.05) is 38.0 Å². The molecule has 0 aromatic heterocycles. The topological polar surface area (TPSA) is 38.3 Å². The first-order valence-corrected chi connectivity index (χ1v) is 9.21. The minimum Gasteiger partial charge on any atom is -0.496 e. The third-order valence-electron chi connectivity index (χ3n) is 4.45. The maximum absolute atomic E-state index is 12.7. The van der Waals surface area contributed by atoms with E-state index in [9.17, 15) is 4.21 Å². The summed E-state index contributed by atoms with van der Waals surface area (Å²) in [7, 11) is 2.83. The van der Waals surface area contributed by atoms with E-state index in [0.29, 0.717) is 16.9 Å². The number of nitrogens with one attached hydrogen (secondary N) is 1. The van der Waals surface area contributed by atoms with Gasteiger partial charge in [0, 0.05) is 33.4 Å². The minimum atomic E-state index is -0.786.